The van der Waals surface area contributed by atoms with Gasteiger partial charge in [-0.1, -0.05) is 27.7 Å². The molecule has 0 aromatic heterocycles. The Morgan fingerprint density at radius 2 is 1.88 bits per heavy atom. The molecule has 4 aliphatic rings. The number of amides is 1. The topological polar surface area (TPSA) is 29.1 Å². The molecule has 17 heavy (non-hydrogen) atoms. The molecule has 4 rings (SSSR count). The van der Waals surface area contributed by atoms with E-state index in [0.717, 1.165) is 29.6 Å². The highest BCUT2D eigenvalue weighted by Gasteiger charge is 2.96. The number of carbonyl (C=O) groups is 1. The second kappa shape index (κ2) is 2.31. The van der Waals surface area contributed by atoms with Gasteiger partial charge in [-0.15, -0.1) is 0 Å². The number of hydrogen-bond donors (Lipinski definition) is 1. The first-order valence-electron chi connectivity index (χ1n) is 7.07. The van der Waals surface area contributed by atoms with Crippen LogP contribution >= 0.6 is 0 Å². The van der Waals surface area contributed by atoms with Gasteiger partial charge in [-0.25, -0.2) is 0 Å². The van der Waals surface area contributed by atoms with Crippen LogP contribution in [0.2, 0.25) is 0 Å². The van der Waals surface area contributed by atoms with Gasteiger partial charge in [-0.2, -0.15) is 0 Å². The van der Waals surface area contributed by atoms with Gasteiger partial charge < -0.3 is 5.32 Å². The van der Waals surface area contributed by atoms with Crippen molar-refractivity contribution in [1.29, 1.82) is 0 Å². The maximum atomic E-state index is 11.4. The quantitative estimate of drug-likeness (QED) is 0.740. The van der Waals surface area contributed by atoms with Crippen LogP contribution in [0.15, 0.2) is 0 Å². The van der Waals surface area contributed by atoms with E-state index in [9.17, 15) is 4.79 Å². The van der Waals surface area contributed by atoms with Crippen molar-refractivity contribution in [2.24, 2.45) is 40.4 Å². The lowest BCUT2D eigenvalue weighted by Gasteiger charge is -2.99. The fourth-order valence-corrected chi connectivity index (χ4v) is 7.23. The lowest BCUT2D eigenvalue weighted by molar-refractivity contribution is -0.498. The summed E-state index contributed by atoms with van der Waals surface area (Å²) in [5, 5.41) is 3.30. The van der Waals surface area contributed by atoms with Crippen molar-refractivity contribution >= 4 is 5.91 Å². The summed E-state index contributed by atoms with van der Waals surface area (Å²) in [6.07, 6.45) is 1.26. The molecule has 0 aliphatic heterocycles. The van der Waals surface area contributed by atoms with Gasteiger partial charge in [0.2, 0.25) is 5.91 Å². The first kappa shape index (κ1) is 10.4. The van der Waals surface area contributed by atoms with E-state index in [2.05, 4.69) is 33.0 Å². The third-order valence-corrected chi connectivity index (χ3v) is 7.12. The van der Waals surface area contributed by atoms with E-state index in [1.165, 1.54) is 6.42 Å². The zero-order chi connectivity index (χ0) is 12.4. The third-order valence-electron chi connectivity index (χ3n) is 7.12. The predicted molar refractivity (Wildman–Crippen MR) is 66.2 cm³/mol. The summed E-state index contributed by atoms with van der Waals surface area (Å²) in [7, 11) is 0. The van der Waals surface area contributed by atoms with Gasteiger partial charge in [0.15, 0.2) is 0 Å². The fraction of sp³-hybridized carbons (Fsp3) is 0.933. The molecule has 7 unspecified atom stereocenters. The molecule has 0 bridgehead atoms. The van der Waals surface area contributed by atoms with Crippen LogP contribution in [0.4, 0.5) is 0 Å². The van der Waals surface area contributed by atoms with Crippen LogP contribution in [-0.4, -0.2) is 11.4 Å². The van der Waals surface area contributed by atoms with Crippen molar-refractivity contribution in [2.45, 2.75) is 46.6 Å². The summed E-state index contributed by atoms with van der Waals surface area (Å²) >= 11 is 0. The van der Waals surface area contributed by atoms with E-state index in [4.69, 9.17) is 0 Å². The first-order valence-corrected chi connectivity index (χ1v) is 7.07. The van der Waals surface area contributed by atoms with E-state index < -0.39 is 0 Å². The van der Waals surface area contributed by atoms with Crippen LogP contribution in [0.5, 0.6) is 0 Å². The van der Waals surface area contributed by atoms with E-state index in [-0.39, 0.29) is 11.4 Å². The largest absolute Gasteiger partial charge is 0.350 e. The summed E-state index contributed by atoms with van der Waals surface area (Å²) in [4.78, 5) is 11.4. The van der Waals surface area contributed by atoms with Crippen LogP contribution < -0.4 is 5.32 Å². The van der Waals surface area contributed by atoms with Gasteiger partial charge in [-0.3, -0.25) is 4.79 Å². The number of hydrogen-bond acceptors (Lipinski definition) is 1. The highest BCUT2D eigenvalue weighted by molar-refractivity contribution is 5.75. The molecule has 0 aromatic carbocycles. The molecule has 1 N–H and O–H groups in total. The van der Waals surface area contributed by atoms with Crippen LogP contribution in [0.1, 0.15) is 41.0 Å². The van der Waals surface area contributed by atoms with Crippen molar-refractivity contribution in [3.05, 3.63) is 0 Å². The molecule has 4 fully saturated rings. The van der Waals surface area contributed by atoms with Crippen molar-refractivity contribution in [3.8, 4) is 0 Å². The highest BCUT2D eigenvalue weighted by Crippen LogP contribution is 2.96. The molecule has 0 saturated heterocycles. The van der Waals surface area contributed by atoms with Crippen molar-refractivity contribution in [1.82, 2.24) is 5.32 Å². The number of nitrogens with one attached hydrogen (secondary N) is 1. The van der Waals surface area contributed by atoms with Crippen LogP contribution in [0.25, 0.3) is 0 Å². The molecule has 0 spiro atoms. The standard InChI is InChI=1S/C15H23NO/c1-7-10-12-11-9(15(7,12)13(3,4)5)6-14(10,11)16-8(2)17/h7,9-12H,6H2,1-5H3,(H,16,17). The zero-order valence-corrected chi connectivity index (χ0v) is 11.5. The molecule has 1 amide bonds. The SMILES string of the molecule is CC(=O)NC12CC3C1C1C2C(C)C31C(C)(C)C. The van der Waals surface area contributed by atoms with Gasteiger partial charge >= 0.3 is 0 Å². The highest BCUT2D eigenvalue weighted by atomic mass is 16.1. The Hall–Kier alpha value is -0.530. The van der Waals surface area contributed by atoms with E-state index >= 15 is 0 Å². The van der Waals surface area contributed by atoms with E-state index in [1.54, 1.807) is 6.92 Å². The van der Waals surface area contributed by atoms with Crippen molar-refractivity contribution < 1.29 is 4.79 Å². The Labute approximate surface area is 104 Å². The molecule has 2 nitrogen and oxygen atoms in total. The number of rotatable bonds is 1. The average molecular weight is 233 g/mol. The lowest BCUT2D eigenvalue weighted by Crippen LogP contribution is -3.01. The van der Waals surface area contributed by atoms with Gasteiger partial charge in [0, 0.05) is 12.5 Å². The molecule has 94 valence electrons. The molecular formula is C15H23NO. The first-order chi connectivity index (χ1) is 7.78. The molecule has 0 aromatic rings. The Balaban J connectivity index is 1.68. The molecule has 2 heteroatoms. The minimum Gasteiger partial charge on any atom is -0.350 e. The molecule has 0 heterocycles. The molecule has 7 atom stereocenters. The van der Waals surface area contributed by atoms with Crippen molar-refractivity contribution in [3.63, 3.8) is 0 Å². The summed E-state index contributed by atoms with van der Waals surface area (Å²) in [6.45, 7) is 11.4. The summed E-state index contributed by atoms with van der Waals surface area (Å²) in [6, 6.07) is 0. The smallest absolute Gasteiger partial charge is 0.217 e. The summed E-state index contributed by atoms with van der Waals surface area (Å²) in [5.74, 6) is 4.45. The number of carbonyl (C=O) groups excluding carboxylic acids is 1. The second-order valence-electron chi connectivity index (χ2n) is 8.08. The maximum absolute atomic E-state index is 11.4. The molecule has 4 saturated carbocycles. The van der Waals surface area contributed by atoms with Crippen LogP contribution in [0, 0.1) is 40.4 Å². The third kappa shape index (κ3) is 0.675. The minimum atomic E-state index is 0.175. The van der Waals surface area contributed by atoms with Crippen LogP contribution in [-0.2, 0) is 4.79 Å². The number of fused-ring (bicyclic) bond motifs is 2. The average Bonchev–Trinajstić information content (AvgIpc) is 2.12. The zero-order valence-electron chi connectivity index (χ0n) is 11.5. The summed E-state index contributed by atoms with van der Waals surface area (Å²) < 4.78 is 0. The van der Waals surface area contributed by atoms with Gasteiger partial charge in [0.25, 0.3) is 0 Å². The second-order valence-corrected chi connectivity index (χ2v) is 8.08. The predicted octanol–water partition coefficient (Wildman–Crippen LogP) is 2.44. The van der Waals surface area contributed by atoms with Gasteiger partial charge in [0.1, 0.15) is 0 Å². The van der Waals surface area contributed by atoms with Gasteiger partial charge in [0.05, 0.1) is 0 Å². The van der Waals surface area contributed by atoms with E-state index in [1.807, 2.05) is 0 Å². The summed E-state index contributed by atoms with van der Waals surface area (Å²) in [5.41, 5.74) is 1.30. The molecular weight excluding hydrogens is 210 g/mol. The lowest BCUT2D eigenvalue weighted by atomic mass is 9.06. The van der Waals surface area contributed by atoms with Crippen molar-refractivity contribution in [2.75, 3.05) is 0 Å². The Morgan fingerprint density at radius 1 is 1.24 bits per heavy atom. The fourth-order valence-electron chi connectivity index (χ4n) is 7.23. The Morgan fingerprint density at radius 3 is 2.24 bits per heavy atom. The minimum absolute atomic E-state index is 0.175. The normalized spacial score (nSPS) is 61.1. The Bertz CT molecular complexity index is 419. The monoisotopic (exact) mass is 233 g/mol. The Kier molecular flexibility index (Phi) is 1.41. The van der Waals surface area contributed by atoms with Crippen LogP contribution in [0.3, 0.4) is 0 Å². The van der Waals surface area contributed by atoms with Gasteiger partial charge in [-0.05, 0) is 46.8 Å². The molecule has 4 aliphatic carbocycles. The maximum Gasteiger partial charge on any atom is 0.217 e. The van der Waals surface area contributed by atoms with E-state index in [0.29, 0.717) is 10.8 Å². The molecule has 0 radical (unpaired) electrons.